The first-order valence-corrected chi connectivity index (χ1v) is 10.6. The molecule has 1 amide bonds. The zero-order valence-electron chi connectivity index (χ0n) is 18.7. The first kappa shape index (κ1) is 23.3. The number of hydrogen-bond acceptors (Lipinski definition) is 7. The Morgan fingerprint density at radius 3 is 2.49 bits per heavy atom. The van der Waals surface area contributed by atoms with Crippen molar-refractivity contribution in [2.24, 2.45) is 0 Å². The van der Waals surface area contributed by atoms with E-state index in [1.807, 2.05) is 0 Å². The zero-order chi connectivity index (χ0) is 24.8. The lowest BCUT2D eigenvalue weighted by Gasteiger charge is -2.18. The SMILES string of the molecule is Cc1ccc(NC(=O)C(OC(=O)c2ccc(Cn3cncn3)cc2)c2ccccc2)c([N+](=O)[O-])c1. The van der Waals surface area contributed by atoms with Gasteiger partial charge in [-0.05, 0) is 36.2 Å². The third-order valence-electron chi connectivity index (χ3n) is 5.17. The van der Waals surface area contributed by atoms with E-state index in [-0.39, 0.29) is 16.9 Å². The van der Waals surface area contributed by atoms with Crippen LogP contribution in [0.2, 0.25) is 0 Å². The van der Waals surface area contributed by atoms with Gasteiger partial charge in [-0.1, -0.05) is 48.5 Å². The minimum atomic E-state index is -1.32. The molecule has 1 heterocycles. The maximum Gasteiger partial charge on any atom is 0.339 e. The summed E-state index contributed by atoms with van der Waals surface area (Å²) < 4.78 is 7.22. The molecule has 0 radical (unpaired) electrons. The van der Waals surface area contributed by atoms with Gasteiger partial charge in [0.15, 0.2) is 0 Å². The molecule has 0 saturated carbocycles. The predicted octanol–water partition coefficient (Wildman–Crippen LogP) is 4.08. The van der Waals surface area contributed by atoms with Crippen LogP contribution in [0, 0.1) is 17.0 Å². The highest BCUT2D eigenvalue weighted by atomic mass is 16.6. The fourth-order valence-corrected chi connectivity index (χ4v) is 3.42. The molecule has 10 heteroatoms. The Morgan fingerprint density at radius 1 is 1.09 bits per heavy atom. The molecule has 0 aliphatic carbocycles. The van der Waals surface area contributed by atoms with E-state index in [0.717, 1.165) is 5.56 Å². The largest absolute Gasteiger partial charge is 0.444 e. The first-order valence-electron chi connectivity index (χ1n) is 10.6. The van der Waals surface area contributed by atoms with Crippen molar-refractivity contribution >= 4 is 23.3 Å². The molecule has 1 atom stereocenters. The number of nitro benzene ring substituents is 1. The minimum Gasteiger partial charge on any atom is -0.444 e. The Hall–Kier alpha value is -4.86. The highest BCUT2D eigenvalue weighted by Crippen LogP contribution is 2.28. The maximum atomic E-state index is 13.1. The van der Waals surface area contributed by atoms with Crippen molar-refractivity contribution in [2.75, 3.05) is 5.32 Å². The molecule has 0 spiro atoms. The van der Waals surface area contributed by atoms with E-state index in [9.17, 15) is 19.7 Å². The minimum absolute atomic E-state index is 0.0139. The molecule has 176 valence electrons. The number of carbonyl (C=O) groups excluding carboxylic acids is 2. The Labute approximate surface area is 200 Å². The summed E-state index contributed by atoms with van der Waals surface area (Å²) in [5.74, 6) is -1.42. The lowest BCUT2D eigenvalue weighted by molar-refractivity contribution is -0.384. The van der Waals surface area contributed by atoms with Gasteiger partial charge in [0.05, 0.1) is 17.0 Å². The average Bonchev–Trinajstić information content (AvgIpc) is 3.37. The second kappa shape index (κ2) is 10.4. The van der Waals surface area contributed by atoms with Crippen LogP contribution in [0.1, 0.15) is 33.2 Å². The molecule has 1 aromatic heterocycles. The van der Waals surface area contributed by atoms with Gasteiger partial charge in [-0.15, -0.1) is 0 Å². The summed E-state index contributed by atoms with van der Waals surface area (Å²) in [5.41, 5.74) is 2.02. The summed E-state index contributed by atoms with van der Waals surface area (Å²) in [6, 6.07) is 19.6. The number of ether oxygens (including phenoxy) is 1. The molecule has 35 heavy (non-hydrogen) atoms. The van der Waals surface area contributed by atoms with E-state index in [0.29, 0.717) is 17.7 Å². The van der Waals surface area contributed by atoms with Crippen molar-refractivity contribution in [3.05, 3.63) is 118 Å². The van der Waals surface area contributed by atoms with Crippen LogP contribution in [0.4, 0.5) is 11.4 Å². The molecule has 1 unspecified atom stereocenters. The van der Waals surface area contributed by atoms with E-state index in [1.54, 1.807) is 78.6 Å². The summed E-state index contributed by atoms with van der Waals surface area (Å²) in [7, 11) is 0. The van der Waals surface area contributed by atoms with Gasteiger partial charge in [-0.2, -0.15) is 5.10 Å². The second-order valence-corrected chi connectivity index (χ2v) is 7.75. The highest BCUT2D eigenvalue weighted by Gasteiger charge is 2.28. The highest BCUT2D eigenvalue weighted by molar-refractivity contribution is 5.99. The number of nitrogens with zero attached hydrogens (tertiary/aromatic N) is 4. The van der Waals surface area contributed by atoms with Gasteiger partial charge in [-0.25, -0.2) is 14.5 Å². The fourth-order valence-electron chi connectivity index (χ4n) is 3.42. The molecule has 10 nitrogen and oxygen atoms in total. The van der Waals surface area contributed by atoms with Crippen LogP contribution < -0.4 is 5.32 Å². The number of benzene rings is 3. The van der Waals surface area contributed by atoms with E-state index in [2.05, 4.69) is 15.4 Å². The number of amides is 1. The van der Waals surface area contributed by atoms with Gasteiger partial charge in [0.1, 0.15) is 18.3 Å². The number of hydrogen-bond donors (Lipinski definition) is 1. The molecule has 0 saturated heterocycles. The first-order chi connectivity index (χ1) is 16.9. The maximum absolute atomic E-state index is 13.1. The van der Waals surface area contributed by atoms with Crippen molar-refractivity contribution in [1.29, 1.82) is 0 Å². The summed E-state index contributed by atoms with van der Waals surface area (Å²) in [6.07, 6.45) is 1.70. The average molecular weight is 471 g/mol. The number of rotatable bonds is 8. The van der Waals surface area contributed by atoms with Crippen LogP contribution in [0.25, 0.3) is 0 Å². The molecule has 0 fully saturated rings. The third kappa shape index (κ3) is 5.74. The number of nitro groups is 1. The molecule has 0 aliphatic rings. The summed E-state index contributed by atoms with van der Waals surface area (Å²) in [4.78, 5) is 40.8. The van der Waals surface area contributed by atoms with Crippen LogP contribution >= 0.6 is 0 Å². The van der Waals surface area contributed by atoms with E-state index in [1.165, 1.54) is 18.5 Å². The Kier molecular flexibility index (Phi) is 6.91. The topological polar surface area (TPSA) is 129 Å². The lowest BCUT2D eigenvalue weighted by Crippen LogP contribution is -2.26. The van der Waals surface area contributed by atoms with Gasteiger partial charge in [-0.3, -0.25) is 14.9 Å². The number of carbonyl (C=O) groups is 2. The van der Waals surface area contributed by atoms with Crippen molar-refractivity contribution in [3.63, 3.8) is 0 Å². The second-order valence-electron chi connectivity index (χ2n) is 7.75. The van der Waals surface area contributed by atoms with Gasteiger partial charge in [0.25, 0.3) is 11.6 Å². The van der Waals surface area contributed by atoms with Gasteiger partial charge in [0.2, 0.25) is 6.10 Å². The van der Waals surface area contributed by atoms with Gasteiger partial charge >= 0.3 is 5.97 Å². The van der Waals surface area contributed by atoms with Crippen molar-refractivity contribution in [3.8, 4) is 0 Å². The Balaban J connectivity index is 1.54. The van der Waals surface area contributed by atoms with Crippen molar-refractivity contribution in [1.82, 2.24) is 14.8 Å². The number of esters is 1. The van der Waals surface area contributed by atoms with Gasteiger partial charge in [0, 0.05) is 11.6 Å². The normalized spacial score (nSPS) is 11.5. The predicted molar refractivity (Wildman–Crippen MR) is 127 cm³/mol. The molecular formula is C25H21N5O5. The fraction of sp³-hybridized carbons (Fsp3) is 0.120. The lowest BCUT2D eigenvalue weighted by atomic mass is 10.1. The number of aromatic nitrogens is 3. The van der Waals surface area contributed by atoms with E-state index >= 15 is 0 Å². The summed E-state index contributed by atoms with van der Waals surface area (Å²) in [6.45, 7) is 2.20. The van der Waals surface area contributed by atoms with Crippen LogP contribution in [-0.4, -0.2) is 31.6 Å². The quantitative estimate of drug-likeness (QED) is 0.233. The van der Waals surface area contributed by atoms with Gasteiger partial charge < -0.3 is 10.1 Å². The number of nitrogens with one attached hydrogen (secondary N) is 1. The zero-order valence-corrected chi connectivity index (χ0v) is 18.7. The third-order valence-corrected chi connectivity index (χ3v) is 5.17. The monoisotopic (exact) mass is 471 g/mol. The van der Waals surface area contributed by atoms with Crippen LogP contribution in [0.15, 0.2) is 85.5 Å². The van der Waals surface area contributed by atoms with Crippen molar-refractivity contribution < 1.29 is 19.2 Å². The van der Waals surface area contributed by atoms with Crippen LogP contribution in [0.5, 0.6) is 0 Å². The molecular weight excluding hydrogens is 450 g/mol. The molecule has 0 aliphatic heterocycles. The molecule has 1 N–H and O–H groups in total. The van der Waals surface area contributed by atoms with Crippen molar-refractivity contribution in [2.45, 2.75) is 19.6 Å². The van der Waals surface area contributed by atoms with E-state index in [4.69, 9.17) is 4.74 Å². The Morgan fingerprint density at radius 2 is 1.83 bits per heavy atom. The molecule has 4 rings (SSSR count). The summed E-state index contributed by atoms with van der Waals surface area (Å²) in [5, 5.41) is 18.0. The number of aryl methyl sites for hydroxylation is 1. The summed E-state index contributed by atoms with van der Waals surface area (Å²) >= 11 is 0. The standard InChI is InChI=1S/C25H21N5O5/c1-17-7-12-21(22(13-17)30(33)34)28-24(31)23(19-5-3-2-4-6-19)35-25(32)20-10-8-18(9-11-20)14-29-16-26-15-27-29/h2-13,15-16,23H,14H2,1H3,(H,28,31). The Bertz CT molecular complexity index is 1340. The van der Waals surface area contributed by atoms with Crippen LogP contribution in [-0.2, 0) is 16.1 Å². The number of anilines is 1. The molecule has 4 aromatic rings. The molecule has 3 aromatic carbocycles. The molecule has 0 bridgehead atoms. The van der Waals surface area contributed by atoms with E-state index < -0.39 is 22.9 Å². The smallest absolute Gasteiger partial charge is 0.339 e. The van der Waals surface area contributed by atoms with Crippen LogP contribution in [0.3, 0.4) is 0 Å².